The average Bonchev–Trinajstić information content (AvgIpc) is 2.63. The molecule has 1 saturated heterocycles. The molecule has 4 aliphatic carbocycles. The van der Waals surface area contributed by atoms with Crippen LogP contribution in [-0.4, -0.2) is 49.1 Å². The average molecular weight is 341 g/mol. The molecule has 0 amide bonds. The summed E-state index contributed by atoms with van der Waals surface area (Å²) >= 11 is 0. The molecule has 0 N–H and O–H groups in total. The van der Waals surface area contributed by atoms with Crippen LogP contribution in [-0.2, 0) is 6.54 Å². The number of nitrogens with zero attached hydrogens (tertiary/aromatic N) is 2. The highest BCUT2D eigenvalue weighted by atomic mass is 16.5. The van der Waals surface area contributed by atoms with Crippen LogP contribution in [0.15, 0.2) is 24.3 Å². The van der Waals surface area contributed by atoms with Gasteiger partial charge in [-0.2, -0.15) is 0 Å². The molecular formula is C22H32N2O. The van der Waals surface area contributed by atoms with Gasteiger partial charge >= 0.3 is 0 Å². The molecule has 0 aromatic heterocycles. The Morgan fingerprint density at radius 3 is 2.00 bits per heavy atom. The highest BCUT2D eigenvalue weighted by Crippen LogP contribution is 2.55. The topological polar surface area (TPSA) is 15.7 Å². The first-order valence-electron chi connectivity index (χ1n) is 10.4. The molecule has 1 heterocycles. The van der Waals surface area contributed by atoms with Crippen molar-refractivity contribution in [2.75, 3.05) is 33.3 Å². The van der Waals surface area contributed by atoms with Crippen molar-refractivity contribution >= 4 is 0 Å². The molecule has 4 saturated carbocycles. The van der Waals surface area contributed by atoms with Crippen LogP contribution >= 0.6 is 0 Å². The normalized spacial score (nSPS) is 38.2. The molecule has 3 heteroatoms. The summed E-state index contributed by atoms with van der Waals surface area (Å²) < 4.78 is 5.27. The predicted octanol–water partition coefficient (Wildman–Crippen LogP) is 3.64. The van der Waals surface area contributed by atoms with E-state index in [9.17, 15) is 0 Å². The van der Waals surface area contributed by atoms with Gasteiger partial charge in [0.2, 0.25) is 0 Å². The summed E-state index contributed by atoms with van der Waals surface area (Å²) in [6.07, 6.45) is 7.75. The van der Waals surface area contributed by atoms with Gasteiger partial charge in [0.1, 0.15) is 5.75 Å². The lowest BCUT2D eigenvalue weighted by molar-refractivity contribution is -0.0769. The van der Waals surface area contributed by atoms with Crippen molar-refractivity contribution in [1.29, 1.82) is 0 Å². The third-order valence-corrected chi connectivity index (χ3v) is 7.57. The highest BCUT2D eigenvalue weighted by molar-refractivity contribution is 5.27. The molecular weight excluding hydrogens is 308 g/mol. The molecule has 0 unspecified atom stereocenters. The van der Waals surface area contributed by atoms with E-state index in [0.29, 0.717) is 0 Å². The quantitative estimate of drug-likeness (QED) is 0.832. The van der Waals surface area contributed by atoms with Gasteiger partial charge in [-0.15, -0.1) is 0 Å². The summed E-state index contributed by atoms with van der Waals surface area (Å²) in [4.78, 5) is 5.52. The maximum Gasteiger partial charge on any atom is 0.118 e. The lowest BCUT2D eigenvalue weighted by Crippen LogP contribution is -2.60. The van der Waals surface area contributed by atoms with Gasteiger partial charge in [-0.1, -0.05) is 12.1 Å². The summed E-state index contributed by atoms with van der Waals surface area (Å²) in [5, 5.41) is 0. The number of ether oxygens (including phenoxy) is 1. The summed E-state index contributed by atoms with van der Waals surface area (Å²) in [5.74, 6) is 5.20. The van der Waals surface area contributed by atoms with Crippen LogP contribution in [0.5, 0.6) is 5.75 Å². The second kappa shape index (κ2) is 6.59. The fourth-order valence-corrected chi connectivity index (χ4v) is 6.70. The van der Waals surface area contributed by atoms with Crippen LogP contribution < -0.4 is 4.74 Å². The minimum atomic E-state index is 0.927. The maximum atomic E-state index is 5.27. The number of benzene rings is 1. The third-order valence-electron chi connectivity index (χ3n) is 7.57. The molecule has 0 atom stereocenters. The third kappa shape index (κ3) is 3.10. The Balaban J connectivity index is 1.17. The Morgan fingerprint density at radius 1 is 0.840 bits per heavy atom. The van der Waals surface area contributed by atoms with Crippen molar-refractivity contribution in [2.24, 2.45) is 23.7 Å². The number of hydrogen-bond acceptors (Lipinski definition) is 3. The van der Waals surface area contributed by atoms with Gasteiger partial charge in [0.05, 0.1) is 7.11 Å². The van der Waals surface area contributed by atoms with E-state index in [0.717, 1.165) is 42.0 Å². The van der Waals surface area contributed by atoms with Crippen molar-refractivity contribution in [3.63, 3.8) is 0 Å². The van der Waals surface area contributed by atoms with E-state index in [1.807, 2.05) is 0 Å². The predicted molar refractivity (Wildman–Crippen MR) is 101 cm³/mol. The SMILES string of the molecule is COc1ccc(CN2CCN(C3C4CC5CC(C4)CC3C5)CC2)cc1. The Kier molecular flexibility index (Phi) is 4.25. The largest absolute Gasteiger partial charge is 0.497 e. The molecule has 1 aliphatic heterocycles. The Morgan fingerprint density at radius 2 is 1.44 bits per heavy atom. The van der Waals surface area contributed by atoms with Gasteiger partial charge < -0.3 is 4.74 Å². The van der Waals surface area contributed by atoms with Crippen molar-refractivity contribution < 1.29 is 4.74 Å². The van der Waals surface area contributed by atoms with E-state index in [1.165, 1.54) is 31.7 Å². The smallest absolute Gasteiger partial charge is 0.118 e. The number of piperazine rings is 1. The highest BCUT2D eigenvalue weighted by Gasteiger charge is 2.50. The standard InChI is InChI=1S/C22H32N2O/c1-25-21-4-2-16(3-5-21)15-23-6-8-24(9-7-23)22-19-11-17-10-18(13-19)14-20(22)12-17/h2-5,17-20,22H,6-15H2,1H3. The molecule has 0 radical (unpaired) electrons. The van der Waals surface area contributed by atoms with Gasteiger partial charge in [-0.05, 0) is 73.5 Å². The van der Waals surface area contributed by atoms with Crippen molar-refractivity contribution in [1.82, 2.24) is 9.80 Å². The molecule has 25 heavy (non-hydrogen) atoms. The van der Waals surface area contributed by atoms with Crippen LogP contribution in [0, 0.1) is 23.7 Å². The summed E-state index contributed by atoms with van der Waals surface area (Å²) in [6, 6.07) is 9.52. The monoisotopic (exact) mass is 340 g/mol. The van der Waals surface area contributed by atoms with E-state index in [-0.39, 0.29) is 0 Å². The van der Waals surface area contributed by atoms with Crippen LogP contribution in [0.25, 0.3) is 0 Å². The molecule has 0 spiro atoms. The van der Waals surface area contributed by atoms with Crippen LogP contribution in [0.1, 0.15) is 37.7 Å². The summed E-state index contributed by atoms with van der Waals surface area (Å²) in [6.45, 7) is 6.11. The van der Waals surface area contributed by atoms with Gasteiger partial charge in [-0.25, -0.2) is 0 Å². The fourth-order valence-electron chi connectivity index (χ4n) is 6.70. The first-order valence-corrected chi connectivity index (χ1v) is 10.4. The number of hydrogen-bond donors (Lipinski definition) is 0. The van der Waals surface area contributed by atoms with E-state index in [2.05, 4.69) is 34.1 Å². The molecule has 4 bridgehead atoms. The first-order chi connectivity index (χ1) is 12.3. The van der Waals surface area contributed by atoms with E-state index < -0.39 is 0 Å². The van der Waals surface area contributed by atoms with Crippen molar-refractivity contribution in [3.05, 3.63) is 29.8 Å². The van der Waals surface area contributed by atoms with Gasteiger partial charge in [0.15, 0.2) is 0 Å². The van der Waals surface area contributed by atoms with Gasteiger partial charge in [-0.3, -0.25) is 9.80 Å². The zero-order valence-electron chi connectivity index (χ0n) is 15.6. The van der Waals surface area contributed by atoms with Crippen molar-refractivity contribution in [3.8, 4) is 5.75 Å². The van der Waals surface area contributed by atoms with E-state index >= 15 is 0 Å². The zero-order valence-corrected chi connectivity index (χ0v) is 15.6. The molecule has 3 nitrogen and oxygen atoms in total. The molecule has 1 aromatic carbocycles. The van der Waals surface area contributed by atoms with Gasteiger partial charge in [0.25, 0.3) is 0 Å². The molecule has 5 fully saturated rings. The first kappa shape index (κ1) is 16.1. The minimum absolute atomic E-state index is 0.927. The number of methoxy groups -OCH3 is 1. The van der Waals surface area contributed by atoms with Crippen LogP contribution in [0.3, 0.4) is 0 Å². The van der Waals surface area contributed by atoms with Crippen LogP contribution in [0.4, 0.5) is 0 Å². The molecule has 5 aliphatic rings. The van der Waals surface area contributed by atoms with E-state index in [1.54, 1.807) is 39.2 Å². The molecule has 1 aromatic rings. The maximum absolute atomic E-state index is 5.27. The Labute approximate surface area is 152 Å². The summed E-state index contributed by atoms with van der Waals surface area (Å²) in [7, 11) is 1.73. The fraction of sp³-hybridized carbons (Fsp3) is 0.727. The van der Waals surface area contributed by atoms with Crippen LogP contribution in [0.2, 0.25) is 0 Å². The Bertz CT molecular complexity index is 563. The molecule has 136 valence electrons. The lowest BCUT2D eigenvalue weighted by atomic mass is 9.54. The minimum Gasteiger partial charge on any atom is -0.497 e. The second-order valence-electron chi connectivity index (χ2n) is 9.08. The molecule has 6 rings (SSSR count). The Hall–Kier alpha value is -1.06. The van der Waals surface area contributed by atoms with Crippen molar-refractivity contribution in [2.45, 2.75) is 44.7 Å². The lowest BCUT2D eigenvalue weighted by Gasteiger charge is -2.58. The second-order valence-corrected chi connectivity index (χ2v) is 9.08. The summed E-state index contributed by atoms with van der Waals surface area (Å²) in [5.41, 5.74) is 1.41. The van der Waals surface area contributed by atoms with Gasteiger partial charge in [0, 0.05) is 38.8 Å². The number of rotatable bonds is 4. The van der Waals surface area contributed by atoms with E-state index in [4.69, 9.17) is 4.74 Å². The zero-order chi connectivity index (χ0) is 16.8.